The van der Waals surface area contributed by atoms with Crippen LogP contribution in [0.4, 0.5) is 0 Å². The topological polar surface area (TPSA) is 12.0 Å². The molecule has 2 heteroatoms. The zero-order valence-corrected chi connectivity index (χ0v) is 12.6. The molecule has 2 rings (SSSR count). The van der Waals surface area contributed by atoms with Gasteiger partial charge in [-0.25, -0.2) is 0 Å². The van der Waals surface area contributed by atoms with Crippen molar-refractivity contribution in [1.29, 1.82) is 0 Å². The number of hydrogen-bond acceptors (Lipinski definition) is 2. The Bertz CT molecular complexity index is 320. The molecule has 1 aliphatic rings. The van der Waals surface area contributed by atoms with E-state index in [-0.39, 0.29) is 0 Å². The average molecular weight is 265 g/mol. The first-order chi connectivity index (χ1) is 8.79. The lowest BCUT2D eigenvalue weighted by Crippen LogP contribution is -2.34. The zero-order valence-electron chi connectivity index (χ0n) is 11.8. The van der Waals surface area contributed by atoms with Crippen molar-refractivity contribution in [1.82, 2.24) is 5.32 Å². The van der Waals surface area contributed by atoms with Gasteiger partial charge in [-0.05, 0) is 78.9 Å². The van der Waals surface area contributed by atoms with Gasteiger partial charge in [-0.2, -0.15) is 11.3 Å². The monoisotopic (exact) mass is 265 g/mol. The standard InChI is InChI=1S/C16H27NS/c1-3-7-17-11-15-5-4-13(2)9-16(15)10-14-6-8-18-12-14/h6,8,12-13,15-17H,3-5,7,9-11H2,1-2H3. The molecular weight excluding hydrogens is 238 g/mol. The molecule has 0 aliphatic heterocycles. The summed E-state index contributed by atoms with van der Waals surface area (Å²) in [6, 6.07) is 2.31. The third-order valence-electron chi connectivity index (χ3n) is 4.31. The van der Waals surface area contributed by atoms with E-state index in [2.05, 4.69) is 36.0 Å². The molecule has 0 saturated heterocycles. The number of nitrogens with one attached hydrogen (secondary N) is 1. The molecule has 3 atom stereocenters. The number of thiophene rings is 1. The van der Waals surface area contributed by atoms with E-state index in [0.29, 0.717) is 0 Å². The molecule has 1 aliphatic carbocycles. The van der Waals surface area contributed by atoms with E-state index in [1.807, 2.05) is 11.3 Å². The Labute approximate surface area is 116 Å². The third kappa shape index (κ3) is 4.10. The minimum Gasteiger partial charge on any atom is -0.316 e. The molecule has 1 aromatic heterocycles. The lowest BCUT2D eigenvalue weighted by atomic mass is 9.72. The molecule has 3 unspecified atom stereocenters. The van der Waals surface area contributed by atoms with Gasteiger partial charge in [-0.15, -0.1) is 0 Å². The van der Waals surface area contributed by atoms with Crippen molar-refractivity contribution >= 4 is 11.3 Å². The van der Waals surface area contributed by atoms with Crippen LogP contribution in [-0.2, 0) is 6.42 Å². The van der Waals surface area contributed by atoms with Gasteiger partial charge in [-0.3, -0.25) is 0 Å². The molecule has 0 radical (unpaired) electrons. The summed E-state index contributed by atoms with van der Waals surface area (Å²) in [4.78, 5) is 0. The van der Waals surface area contributed by atoms with Crippen LogP contribution in [0.1, 0.15) is 45.1 Å². The maximum atomic E-state index is 3.63. The molecule has 1 aromatic rings. The largest absolute Gasteiger partial charge is 0.316 e. The normalized spacial score (nSPS) is 28.4. The Morgan fingerprint density at radius 3 is 2.94 bits per heavy atom. The van der Waals surface area contributed by atoms with E-state index in [4.69, 9.17) is 0 Å². The van der Waals surface area contributed by atoms with Crippen LogP contribution in [0, 0.1) is 17.8 Å². The van der Waals surface area contributed by atoms with Crippen LogP contribution in [0.2, 0.25) is 0 Å². The molecule has 18 heavy (non-hydrogen) atoms. The highest BCUT2D eigenvalue weighted by Crippen LogP contribution is 2.35. The summed E-state index contributed by atoms with van der Waals surface area (Å²) < 4.78 is 0. The summed E-state index contributed by atoms with van der Waals surface area (Å²) in [6.45, 7) is 7.09. The smallest absolute Gasteiger partial charge is 0.00178 e. The minimum atomic E-state index is 0.896. The predicted octanol–water partition coefficient (Wildman–Crippen LogP) is 4.34. The SMILES string of the molecule is CCCNCC1CCC(C)CC1Cc1ccsc1. The second-order valence-electron chi connectivity index (χ2n) is 5.98. The Morgan fingerprint density at radius 2 is 2.22 bits per heavy atom. The van der Waals surface area contributed by atoms with Crippen molar-refractivity contribution in [3.8, 4) is 0 Å². The fourth-order valence-electron chi connectivity index (χ4n) is 3.26. The highest BCUT2D eigenvalue weighted by atomic mass is 32.1. The molecule has 1 fully saturated rings. The van der Waals surface area contributed by atoms with E-state index in [1.165, 1.54) is 45.2 Å². The fourth-order valence-corrected chi connectivity index (χ4v) is 3.94. The minimum absolute atomic E-state index is 0.896. The molecular formula is C16H27NS. The Morgan fingerprint density at radius 1 is 1.33 bits per heavy atom. The third-order valence-corrected chi connectivity index (χ3v) is 5.05. The van der Waals surface area contributed by atoms with E-state index >= 15 is 0 Å². The van der Waals surface area contributed by atoms with Gasteiger partial charge in [0.1, 0.15) is 0 Å². The van der Waals surface area contributed by atoms with Crippen LogP contribution in [0.15, 0.2) is 16.8 Å². The van der Waals surface area contributed by atoms with Crippen LogP contribution in [0.25, 0.3) is 0 Å². The van der Waals surface area contributed by atoms with Gasteiger partial charge in [0.25, 0.3) is 0 Å². The average Bonchev–Trinajstić information content (AvgIpc) is 2.85. The lowest BCUT2D eigenvalue weighted by molar-refractivity contribution is 0.184. The summed E-state index contributed by atoms with van der Waals surface area (Å²) in [5.74, 6) is 2.72. The van der Waals surface area contributed by atoms with Gasteiger partial charge >= 0.3 is 0 Å². The zero-order chi connectivity index (χ0) is 12.8. The first kappa shape index (κ1) is 14.1. The molecule has 0 bridgehead atoms. The van der Waals surface area contributed by atoms with Gasteiger partial charge < -0.3 is 5.32 Å². The molecule has 1 nitrogen and oxygen atoms in total. The second kappa shape index (κ2) is 7.30. The van der Waals surface area contributed by atoms with Gasteiger partial charge in [0, 0.05) is 0 Å². The van der Waals surface area contributed by atoms with Crippen molar-refractivity contribution in [2.75, 3.05) is 13.1 Å². The van der Waals surface area contributed by atoms with Crippen LogP contribution < -0.4 is 5.32 Å². The summed E-state index contributed by atoms with van der Waals surface area (Å²) in [6.07, 6.45) is 6.82. The molecule has 0 aromatic carbocycles. The molecule has 0 amide bonds. The Kier molecular flexibility index (Phi) is 5.71. The van der Waals surface area contributed by atoms with Crippen molar-refractivity contribution in [3.05, 3.63) is 22.4 Å². The molecule has 102 valence electrons. The molecule has 1 heterocycles. The Balaban J connectivity index is 1.88. The van der Waals surface area contributed by atoms with Gasteiger partial charge in [-0.1, -0.05) is 20.3 Å². The van der Waals surface area contributed by atoms with Crippen LogP contribution in [0.3, 0.4) is 0 Å². The van der Waals surface area contributed by atoms with Gasteiger partial charge in [0.05, 0.1) is 0 Å². The van der Waals surface area contributed by atoms with Crippen LogP contribution in [-0.4, -0.2) is 13.1 Å². The number of hydrogen-bond donors (Lipinski definition) is 1. The number of rotatable bonds is 6. The summed E-state index contributed by atoms with van der Waals surface area (Å²) in [5, 5.41) is 8.18. The molecule has 1 saturated carbocycles. The maximum absolute atomic E-state index is 3.63. The van der Waals surface area contributed by atoms with Crippen molar-refractivity contribution in [2.24, 2.45) is 17.8 Å². The highest BCUT2D eigenvalue weighted by molar-refractivity contribution is 7.07. The lowest BCUT2D eigenvalue weighted by Gasteiger charge is -2.35. The van der Waals surface area contributed by atoms with E-state index in [1.54, 1.807) is 5.56 Å². The summed E-state index contributed by atoms with van der Waals surface area (Å²) in [5.41, 5.74) is 1.56. The van der Waals surface area contributed by atoms with Crippen LogP contribution >= 0.6 is 11.3 Å². The van der Waals surface area contributed by atoms with Gasteiger partial charge in [0.2, 0.25) is 0 Å². The molecule has 0 spiro atoms. The second-order valence-corrected chi connectivity index (χ2v) is 6.76. The van der Waals surface area contributed by atoms with E-state index in [0.717, 1.165) is 17.8 Å². The van der Waals surface area contributed by atoms with Crippen molar-refractivity contribution in [2.45, 2.75) is 46.0 Å². The quantitative estimate of drug-likeness (QED) is 0.754. The highest BCUT2D eigenvalue weighted by Gasteiger charge is 2.28. The summed E-state index contributed by atoms with van der Waals surface area (Å²) >= 11 is 1.84. The Hall–Kier alpha value is -0.340. The maximum Gasteiger partial charge on any atom is -0.00178 e. The predicted molar refractivity (Wildman–Crippen MR) is 81.2 cm³/mol. The van der Waals surface area contributed by atoms with Crippen LogP contribution in [0.5, 0.6) is 0 Å². The van der Waals surface area contributed by atoms with Crippen molar-refractivity contribution < 1.29 is 0 Å². The fraction of sp³-hybridized carbons (Fsp3) is 0.750. The van der Waals surface area contributed by atoms with Crippen molar-refractivity contribution in [3.63, 3.8) is 0 Å². The van der Waals surface area contributed by atoms with E-state index in [9.17, 15) is 0 Å². The first-order valence-corrected chi connectivity index (χ1v) is 8.45. The van der Waals surface area contributed by atoms with E-state index < -0.39 is 0 Å². The molecule has 1 N–H and O–H groups in total. The summed E-state index contributed by atoms with van der Waals surface area (Å²) in [7, 11) is 0. The van der Waals surface area contributed by atoms with Gasteiger partial charge in [0.15, 0.2) is 0 Å². The first-order valence-electron chi connectivity index (χ1n) is 7.51.